The Labute approximate surface area is 195 Å². The van der Waals surface area contributed by atoms with Crippen molar-refractivity contribution in [2.45, 2.75) is 38.0 Å². The number of nitriles is 1. The Morgan fingerprint density at radius 2 is 2.06 bits per heavy atom. The fraction of sp³-hybridized carbons (Fsp3) is 0.500. The maximum atomic E-state index is 12.8. The molecule has 2 atom stereocenters. The van der Waals surface area contributed by atoms with Gasteiger partial charge in [-0.25, -0.2) is 4.98 Å². The number of carbonyl (C=O) groups excluding carboxylic acids is 1. The SMILES string of the molecule is COc1ccccc1C(=O)NC1CCN(CCCCNCc2nccnc2C#N)CC1OC. The van der Waals surface area contributed by atoms with Crippen molar-refractivity contribution in [2.75, 3.05) is 40.4 Å². The van der Waals surface area contributed by atoms with Gasteiger partial charge in [0.25, 0.3) is 5.91 Å². The fourth-order valence-corrected chi connectivity index (χ4v) is 4.05. The molecule has 2 heterocycles. The summed E-state index contributed by atoms with van der Waals surface area (Å²) in [6.45, 7) is 4.06. The van der Waals surface area contributed by atoms with Gasteiger partial charge in [-0.05, 0) is 44.5 Å². The highest BCUT2D eigenvalue weighted by molar-refractivity contribution is 5.97. The van der Waals surface area contributed by atoms with E-state index in [-0.39, 0.29) is 18.1 Å². The Morgan fingerprint density at radius 3 is 2.85 bits per heavy atom. The zero-order valence-corrected chi connectivity index (χ0v) is 19.3. The van der Waals surface area contributed by atoms with Gasteiger partial charge in [0, 0.05) is 39.1 Å². The lowest BCUT2D eigenvalue weighted by Crippen LogP contribution is -2.54. The quantitative estimate of drug-likeness (QED) is 0.496. The van der Waals surface area contributed by atoms with Crippen molar-refractivity contribution in [2.24, 2.45) is 0 Å². The second-order valence-electron chi connectivity index (χ2n) is 7.99. The first-order valence-corrected chi connectivity index (χ1v) is 11.3. The van der Waals surface area contributed by atoms with Crippen LogP contribution in [0.5, 0.6) is 5.75 Å². The Morgan fingerprint density at radius 1 is 1.24 bits per heavy atom. The summed E-state index contributed by atoms with van der Waals surface area (Å²) < 4.78 is 11.0. The van der Waals surface area contributed by atoms with Crippen molar-refractivity contribution in [3.63, 3.8) is 0 Å². The van der Waals surface area contributed by atoms with Gasteiger partial charge in [0.15, 0.2) is 5.69 Å². The van der Waals surface area contributed by atoms with E-state index in [2.05, 4.69) is 31.6 Å². The molecule has 1 saturated heterocycles. The first kappa shape index (κ1) is 24.6. The third-order valence-electron chi connectivity index (χ3n) is 5.86. The topological polar surface area (TPSA) is 112 Å². The molecular formula is C24H32N6O3. The van der Waals surface area contributed by atoms with Crippen molar-refractivity contribution >= 4 is 5.91 Å². The van der Waals surface area contributed by atoms with Crippen molar-refractivity contribution in [3.8, 4) is 11.8 Å². The molecule has 3 rings (SSSR count). The Hall–Kier alpha value is -3.06. The number of likely N-dealkylation sites (tertiary alicyclic amines) is 1. The molecule has 1 aliphatic rings. The molecule has 9 heteroatoms. The summed E-state index contributed by atoms with van der Waals surface area (Å²) in [5.74, 6) is 0.430. The number of hydrogen-bond acceptors (Lipinski definition) is 8. The predicted molar refractivity (Wildman–Crippen MR) is 124 cm³/mol. The lowest BCUT2D eigenvalue weighted by Gasteiger charge is -2.38. The van der Waals surface area contributed by atoms with E-state index >= 15 is 0 Å². The molecule has 1 aliphatic heterocycles. The Bertz CT molecular complexity index is 948. The molecule has 1 aromatic heterocycles. The molecule has 2 aromatic rings. The number of piperidine rings is 1. The summed E-state index contributed by atoms with van der Waals surface area (Å²) >= 11 is 0. The molecule has 0 bridgehead atoms. The number of methoxy groups -OCH3 is 2. The van der Waals surface area contributed by atoms with Gasteiger partial charge in [-0.1, -0.05) is 12.1 Å². The van der Waals surface area contributed by atoms with Gasteiger partial charge in [0.1, 0.15) is 11.8 Å². The highest BCUT2D eigenvalue weighted by Gasteiger charge is 2.30. The fourth-order valence-electron chi connectivity index (χ4n) is 4.05. The number of unbranched alkanes of at least 4 members (excludes halogenated alkanes) is 1. The third kappa shape index (κ3) is 6.96. The summed E-state index contributed by atoms with van der Waals surface area (Å²) in [4.78, 5) is 23.4. The second-order valence-corrected chi connectivity index (χ2v) is 7.99. The first-order chi connectivity index (χ1) is 16.2. The number of carbonyl (C=O) groups is 1. The summed E-state index contributed by atoms with van der Waals surface area (Å²) in [5.41, 5.74) is 1.59. The number of aromatic nitrogens is 2. The van der Waals surface area contributed by atoms with Crippen LogP contribution >= 0.6 is 0 Å². The van der Waals surface area contributed by atoms with Crippen molar-refractivity contribution in [1.82, 2.24) is 25.5 Å². The molecule has 0 spiro atoms. The van der Waals surface area contributed by atoms with Crippen LogP contribution in [0.3, 0.4) is 0 Å². The molecule has 2 unspecified atom stereocenters. The van der Waals surface area contributed by atoms with Gasteiger partial charge in [0.2, 0.25) is 0 Å². The maximum absolute atomic E-state index is 12.8. The van der Waals surface area contributed by atoms with E-state index in [1.165, 1.54) is 6.20 Å². The molecule has 1 fully saturated rings. The van der Waals surface area contributed by atoms with Gasteiger partial charge in [-0.3, -0.25) is 9.78 Å². The van der Waals surface area contributed by atoms with E-state index in [0.29, 0.717) is 29.2 Å². The van der Waals surface area contributed by atoms with Crippen LogP contribution in [-0.2, 0) is 11.3 Å². The number of rotatable bonds is 11. The van der Waals surface area contributed by atoms with Crippen LogP contribution in [0.1, 0.15) is 41.0 Å². The predicted octanol–water partition coefficient (Wildman–Crippen LogP) is 1.75. The molecule has 0 saturated carbocycles. The van der Waals surface area contributed by atoms with Gasteiger partial charge < -0.3 is 25.0 Å². The van der Waals surface area contributed by atoms with Crippen molar-refractivity contribution in [3.05, 3.63) is 53.6 Å². The molecule has 9 nitrogen and oxygen atoms in total. The zero-order valence-electron chi connectivity index (χ0n) is 19.3. The average molecular weight is 453 g/mol. The summed E-state index contributed by atoms with van der Waals surface area (Å²) in [5, 5.41) is 15.5. The number of para-hydroxylation sites is 1. The number of benzene rings is 1. The summed E-state index contributed by atoms with van der Waals surface area (Å²) in [6, 6.07) is 9.27. The lowest BCUT2D eigenvalue weighted by molar-refractivity contribution is 0.00601. The number of nitrogens with zero attached hydrogens (tertiary/aromatic N) is 4. The van der Waals surface area contributed by atoms with Gasteiger partial charge >= 0.3 is 0 Å². The van der Waals surface area contributed by atoms with Crippen LogP contribution in [-0.4, -0.2) is 73.3 Å². The number of nitrogens with one attached hydrogen (secondary N) is 2. The van der Waals surface area contributed by atoms with Crippen molar-refractivity contribution < 1.29 is 14.3 Å². The van der Waals surface area contributed by atoms with E-state index < -0.39 is 0 Å². The molecule has 0 radical (unpaired) electrons. The lowest BCUT2D eigenvalue weighted by atomic mass is 10.0. The summed E-state index contributed by atoms with van der Waals surface area (Å²) in [7, 11) is 3.26. The second kappa shape index (κ2) is 12.8. The van der Waals surface area contributed by atoms with E-state index in [1.807, 2.05) is 12.1 Å². The van der Waals surface area contributed by atoms with Crippen LogP contribution in [0, 0.1) is 11.3 Å². The van der Waals surface area contributed by atoms with Crippen LogP contribution in [0.2, 0.25) is 0 Å². The largest absolute Gasteiger partial charge is 0.496 e. The minimum atomic E-state index is -0.137. The van der Waals surface area contributed by atoms with Gasteiger partial charge in [-0.2, -0.15) is 5.26 Å². The van der Waals surface area contributed by atoms with E-state index in [4.69, 9.17) is 14.7 Å². The van der Waals surface area contributed by atoms with Crippen LogP contribution in [0.25, 0.3) is 0 Å². The van der Waals surface area contributed by atoms with E-state index in [1.54, 1.807) is 32.5 Å². The first-order valence-electron chi connectivity index (χ1n) is 11.3. The standard InChI is InChI=1S/C24H32N6O3/c1-32-22-8-4-3-7-18(22)24(31)29-19-9-14-30(17-23(19)33-2)13-6-5-10-26-16-21-20(15-25)27-11-12-28-21/h3-4,7-8,11-12,19,23,26H,5-6,9-10,13-14,16-17H2,1-2H3,(H,29,31). The minimum Gasteiger partial charge on any atom is -0.496 e. The average Bonchev–Trinajstić information content (AvgIpc) is 2.86. The smallest absolute Gasteiger partial charge is 0.255 e. The number of hydrogen-bond donors (Lipinski definition) is 2. The van der Waals surface area contributed by atoms with Gasteiger partial charge in [-0.15, -0.1) is 0 Å². The van der Waals surface area contributed by atoms with Crippen molar-refractivity contribution in [1.29, 1.82) is 5.26 Å². The minimum absolute atomic E-state index is 0.0355. The monoisotopic (exact) mass is 452 g/mol. The van der Waals surface area contributed by atoms with E-state index in [9.17, 15) is 4.79 Å². The third-order valence-corrected chi connectivity index (χ3v) is 5.86. The van der Waals surface area contributed by atoms with Crippen LogP contribution in [0.4, 0.5) is 0 Å². The summed E-state index contributed by atoms with van der Waals surface area (Å²) in [6.07, 6.45) is 5.98. The Balaban J connectivity index is 1.38. The highest BCUT2D eigenvalue weighted by Crippen LogP contribution is 2.19. The molecule has 33 heavy (non-hydrogen) atoms. The van der Waals surface area contributed by atoms with Gasteiger partial charge in [0.05, 0.1) is 30.5 Å². The van der Waals surface area contributed by atoms with Crippen LogP contribution in [0.15, 0.2) is 36.7 Å². The normalized spacial score (nSPS) is 18.5. The molecular weight excluding hydrogens is 420 g/mol. The molecule has 176 valence electrons. The molecule has 2 N–H and O–H groups in total. The maximum Gasteiger partial charge on any atom is 0.255 e. The molecule has 1 amide bonds. The molecule has 1 aromatic carbocycles. The Kier molecular flexibility index (Phi) is 9.57. The van der Waals surface area contributed by atoms with Crippen LogP contribution < -0.4 is 15.4 Å². The van der Waals surface area contributed by atoms with E-state index in [0.717, 1.165) is 45.4 Å². The number of ether oxygens (including phenoxy) is 2. The number of amides is 1. The molecule has 0 aliphatic carbocycles. The highest BCUT2D eigenvalue weighted by atomic mass is 16.5. The zero-order chi connectivity index (χ0) is 23.5.